The monoisotopic (exact) mass is 250 g/mol. The Hall–Kier alpha value is -1.08. The number of alkyl halides is 2. The number of halogens is 2. The molecule has 1 N–H and O–H groups in total. The molecule has 0 amide bonds. The summed E-state index contributed by atoms with van der Waals surface area (Å²) in [5.41, 5.74) is 0. The highest BCUT2D eigenvalue weighted by atomic mass is 19.3. The molecule has 0 aromatic carbocycles. The SMILES string of the molecule is CCC(O)Cc1nc(CCOCC(F)F)no1. The molecule has 0 bridgehead atoms. The Morgan fingerprint density at radius 3 is 2.88 bits per heavy atom. The first kappa shape index (κ1) is 14.0. The number of nitrogens with zero attached hydrogens (tertiary/aromatic N) is 2. The van der Waals surface area contributed by atoms with E-state index in [0.29, 0.717) is 31.0 Å². The molecule has 0 aliphatic heterocycles. The third-order valence-electron chi connectivity index (χ3n) is 2.11. The molecule has 1 heterocycles. The van der Waals surface area contributed by atoms with Crippen LogP contribution in [0.15, 0.2) is 4.52 Å². The average molecular weight is 250 g/mol. The molecule has 1 rings (SSSR count). The van der Waals surface area contributed by atoms with Gasteiger partial charge in [0, 0.05) is 6.42 Å². The Balaban J connectivity index is 2.26. The lowest BCUT2D eigenvalue weighted by molar-refractivity contribution is 0.0182. The van der Waals surface area contributed by atoms with Crippen LogP contribution in [0.1, 0.15) is 25.1 Å². The molecule has 0 spiro atoms. The van der Waals surface area contributed by atoms with Crippen molar-refractivity contribution < 1.29 is 23.1 Å². The van der Waals surface area contributed by atoms with Crippen molar-refractivity contribution in [2.75, 3.05) is 13.2 Å². The number of aliphatic hydroxyl groups is 1. The minimum absolute atomic E-state index is 0.125. The molecule has 0 fully saturated rings. The van der Waals surface area contributed by atoms with Crippen molar-refractivity contribution in [3.63, 3.8) is 0 Å². The standard InChI is InChI=1S/C10H16F2N2O3/c1-2-7(15)5-10-13-9(14-17-10)3-4-16-6-8(11)12/h7-8,15H,2-6H2,1H3. The van der Waals surface area contributed by atoms with Gasteiger partial charge in [-0.1, -0.05) is 12.1 Å². The zero-order valence-corrected chi connectivity index (χ0v) is 9.60. The fourth-order valence-electron chi connectivity index (χ4n) is 1.16. The fraction of sp³-hybridized carbons (Fsp3) is 0.800. The normalized spacial score (nSPS) is 13.2. The molecule has 1 aromatic rings. The van der Waals surface area contributed by atoms with Crippen LogP contribution in [0, 0.1) is 0 Å². The third kappa shape index (κ3) is 5.69. The van der Waals surface area contributed by atoms with Crippen molar-refractivity contribution >= 4 is 0 Å². The number of ether oxygens (including phenoxy) is 1. The second kappa shape index (κ2) is 7.29. The van der Waals surface area contributed by atoms with Crippen LogP contribution in [-0.4, -0.2) is 41.0 Å². The summed E-state index contributed by atoms with van der Waals surface area (Å²) in [6.07, 6.45) is -1.73. The van der Waals surface area contributed by atoms with Crippen LogP contribution >= 0.6 is 0 Å². The highest BCUT2D eigenvalue weighted by Crippen LogP contribution is 2.04. The Bertz CT molecular complexity index is 320. The van der Waals surface area contributed by atoms with E-state index in [1.165, 1.54) is 0 Å². The molecule has 1 aromatic heterocycles. The van der Waals surface area contributed by atoms with Crippen LogP contribution in [0.2, 0.25) is 0 Å². The molecule has 98 valence electrons. The van der Waals surface area contributed by atoms with Gasteiger partial charge < -0.3 is 14.4 Å². The molecule has 1 atom stereocenters. The molecule has 1 unspecified atom stereocenters. The van der Waals surface area contributed by atoms with Crippen LogP contribution in [0.25, 0.3) is 0 Å². The summed E-state index contributed by atoms with van der Waals surface area (Å²) in [5, 5.41) is 13.0. The maximum Gasteiger partial charge on any atom is 0.261 e. The van der Waals surface area contributed by atoms with Crippen molar-refractivity contribution in [1.82, 2.24) is 10.1 Å². The number of aromatic nitrogens is 2. The van der Waals surface area contributed by atoms with E-state index in [4.69, 9.17) is 4.52 Å². The summed E-state index contributed by atoms with van der Waals surface area (Å²) in [4.78, 5) is 4.01. The second-order valence-corrected chi connectivity index (χ2v) is 3.59. The largest absolute Gasteiger partial charge is 0.393 e. The number of aliphatic hydroxyl groups excluding tert-OH is 1. The lowest BCUT2D eigenvalue weighted by atomic mass is 10.2. The molecule has 0 aliphatic rings. The first-order valence-corrected chi connectivity index (χ1v) is 5.47. The quantitative estimate of drug-likeness (QED) is 0.702. The van der Waals surface area contributed by atoms with E-state index in [2.05, 4.69) is 14.9 Å². The maximum absolute atomic E-state index is 11.7. The zero-order valence-electron chi connectivity index (χ0n) is 9.60. The van der Waals surface area contributed by atoms with Crippen LogP contribution in [0.4, 0.5) is 8.78 Å². The number of hydrogen-bond donors (Lipinski definition) is 1. The smallest absolute Gasteiger partial charge is 0.261 e. The van der Waals surface area contributed by atoms with Gasteiger partial charge in [-0.05, 0) is 6.42 Å². The van der Waals surface area contributed by atoms with Crippen LogP contribution in [0.3, 0.4) is 0 Å². The van der Waals surface area contributed by atoms with E-state index in [1.54, 1.807) is 0 Å². The Morgan fingerprint density at radius 1 is 1.47 bits per heavy atom. The minimum Gasteiger partial charge on any atom is -0.393 e. The van der Waals surface area contributed by atoms with Gasteiger partial charge in [0.1, 0.15) is 6.61 Å². The average Bonchev–Trinajstić information content (AvgIpc) is 2.72. The lowest BCUT2D eigenvalue weighted by Gasteiger charge is -2.01. The van der Waals surface area contributed by atoms with Crippen LogP contribution in [0.5, 0.6) is 0 Å². The summed E-state index contributed by atoms with van der Waals surface area (Å²) in [6, 6.07) is 0. The molecule has 0 radical (unpaired) electrons. The van der Waals surface area contributed by atoms with E-state index in [1.807, 2.05) is 6.92 Å². The second-order valence-electron chi connectivity index (χ2n) is 3.59. The Morgan fingerprint density at radius 2 is 2.24 bits per heavy atom. The van der Waals surface area contributed by atoms with E-state index < -0.39 is 19.1 Å². The molecule has 0 saturated heterocycles. The maximum atomic E-state index is 11.7. The van der Waals surface area contributed by atoms with Gasteiger partial charge in [-0.3, -0.25) is 0 Å². The number of hydrogen-bond acceptors (Lipinski definition) is 5. The predicted molar refractivity (Wildman–Crippen MR) is 54.8 cm³/mol. The van der Waals surface area contributed by atoms with Crippen LogP contribution in [-0.2, 0) is 17.6 Å². The zero-order chi connectivity index (χ0) is 12.7. The highest BCUT2D eigenvalue weighted by Gasteiger charge is 2.11. The van der Waals surface area contributed by atoms with E-state index in [-0.39, 0.29) is 6.61 Å². The summed E-state index contributed by atoms with van der Waals surface area (Å²) in [5.74, 6) is 0.751. The predicted octanol–water partition coefficient (Wildman–Crippen LogP) is 1.21. The van der Waals surface area contributed by atoms with Gasteiger partial charge in [0.05, 0.1) is 19.1 Å². The first-order valence-electron chi connectivity index (χ1n) is 5.47. The minimum atomic E-state index is -2.46. The topological polar surface area (TPSA) is 68.4 Å². The summed E-state index contributed by atoms with van der Waals surface area (Å²) < 4.78 is 33.1. The van der Waals surface area contributed by atoms with Crippen molar-refractivity contribution in [1.29, 1.82) is 0 Å². The molecule has 5 nitrogen and oxygen atoms in total. The van der Waals surface area contributed by atoms with Gasteiger partial charge in [-0.25, -0.2) is 8.78 Å². The summed E-state index contributed by atoms with van der Waals surface area (Å²) >= 11 is 0. The molecule has 0 aliphatic carbocycles. The number of rotatable bonds is 8. The van der Waals surface area contributed by atoms with Crippen molar-refractivity contribution in [3.05, 3.63) is 11.7 Å². The molecular formula is C10H16F2N2O3. The van der Waals surface area contributed by atoms with Crippen molar-refractivity contribution in [2.45, 2.75) is 38.7 Å². The molecular weight excluding hydrogens is 234 g/mol. The Kier molecular flexibility index (Phi) is 5.99. The fourth-order valence-corrected chi connectivity index (χ4v) is 1.16. The molecule has 17 heavy (non-hydrogen) atoms. The van der Waals surface area contributed by atoms with Gasteiger partial charge in [0.25, 0.3) is 6.43 Å². The Labute approximate surface area is 97.8 Å². The first-order chi connectivity index (χ1) is 8.11. The van der Waals surface area contributed by atoms with E-state index in [0.717, 1.165) is 0 Å². The van der Waals surface area contributed by atoms with Crippen LogP contribution < -0.4 is 0 Å². The van der Waals surface area contributed by atoms with Gasteiger partial charge in [0.15, 0.2) is 5.82 Å². The van der Waals surface area contributed by atoms with Gasteiger partial charge >= 0.3 is 0 Å². The van der Waals surface area contributed by atoms with Gasteiger partial charge in [-0.15, -0.1) is 0 Å². The van der Waals surface area contributed by atoms with E-state index in [9.17, 15) is 13.9 Å². The summed E-state index contributed by atoms with van der Waals surface area (Å²) in [7, 11) is 0. The van der Waals surface area contributed by atoms with E-state index >= 15 is 0 Å². The lowest BCUT2D eigenvalue weighted by Crippen LogP contribution is -2.09. The van der Waals surface area contributed by atoms with Gasteiger partial charge in [-0.2, -0.15) is 4.98 Å². The van der Waals surface area contributed by atoms with Gasteiger partial charge in [0.2, 0.25) is 5.89 Å². The third-order valence-corrected chi connectivity index (χ3v) is 2.11. The van der Waals surface area contributed by atoms with Crippen molar-refractivity contribution in [3.8, 4) is 0 Å². The molecule has 0 saturated carbocycles. The summed E-state index contributed by atoms with van der Waals surface area (Å²) in [6.45, 7) is 1.39. The highest BCUT2D eigenvalue weighted by molar-refractivity contribution is 4.88. The molecule has 7 heteroatoms. The van der Waals surface area contributed by atoms with Crippen molar-refractivity contribution in [2.24, 2.45) is 0 Å².